The van der Waals surface area contributed by atoms with Gasteiger partial charge in [-0.25, -0.2) is 4.98 Å². The number of halogens is 1. The third kappa shape index (κ3) is 1.92. The number of phenolic OH excluding ortho intramolecular Hbond substituents is 1. The van der Waals surface area contributed by atoms with E-state index in [0.717, 1.165) is 32.5 Å². The smallest absolute Gasteiger partial charge is 0.141 e. The van der Waals surface area contributed by atoms with Crippen LogP contribution in [0.5, 0.6) is 5.75 Å². The Morgan fingerprint density at radius 2 is 2.00 bits per heavy atom. The lowest BCUT2D eigenvalue weighted by Crippen LogP contribution is -1.94. The molecule has 1 aromatic heterocycles. The summed E-state index contributed by atoms with van der Waals surface area (Å²) in [4.78, 5) is 4.67. The van der Waals surface area contributed by atoms with Crippen LogP contribution in [0.15, 0.2) is 40.9 Å². The van der Waals surface area contributed by atoms with Gasteiger partial charge in [-0.05, 0) is 31.2 Å². The summed E-state index contributed by atoms with van der Waals surface area (Å²) in [6, 6.07) is 11.5. The summed E-state index contributed by atoms with van der Waals surface area (Å²) in [6.45, 7) is 1.90. The second-order valence-corrected chi connectivity index (χ2v) is 5.49. The van der Waals surface area contributed by atoms with E-state index in [4.69, 9.17) is 0 Å². The van der Waals surface area contributed by atoms with Crippen LogP contribution in [0.3, 0.4) is 0 Å². The lowest BCUT2D eigenvalue weighted by atomic mass is 10.1. The fourth-order valence-corrected chi connectivity index (χ4v) is 2.63. The summed E-state index contributed by atoms with van der Waals surface area (Å²) >= 11 is 3.46. The first-order chi connectivity index (χ1) is 9.08. The second-order valence-electron chi connectivity index (χ2n) is 4.58. The molecule has 3 nitrogen and oxygen atoms in total. The molecule has 3 aromatic rings. The lowest BCUT2D eigenvalue weighted by Gasteiger charge is -2.07. The Labute approximate surface area is 119 Å². The van der Waals surface area contributed by atoms with Crippen LogP contribution in [0.4, 0.5) is 0 Å². The van der Waals surface area contributed by atoms with Gasteiger partial charge in [0.25, 0.3) is 0 Å². The molecule has 0 fully saturated rings. The first kappa shape index (κ1) is 12.2. The number of hydrogen-bond acceptors (Lipinski definition) is 2. The van der Waals surface area contributed by atoms with E-state index in [-0.39, 0.29) is 0 Å². The van der Waals surface area contributed by atoms with E-state index >= 15 is 0 Å². The standard InChI is InChI=1S/C15H13BrN2O/c1-9-11(4-3-5-14(9)19)15-17-12-8-10(16)6-7-13(12)18(15)2/h3-8,19H,1-2H3. The number of hydrogen-bond donors (Lipinski definition) is 1. The highest BCUT2D eigenvalue weighted by Gasteiger charge is 2.13. The minimum Gasteiger partial charge on any atom is -0.508 e. The van der Waals surface area contributed by atoms with Gasteiger partial charge in [-0.3, -0.25) is 0 Å². The van der Waals surface area contributed by atoms with Gasteiger partial charge in [0.2, 0.25) is 0 Å². The van der Waals surface area contributed by atoms with Crippen molar-refractivity contribution in [2.24, 2.45) is 7.05 Å². The van der Waals surface area contributed by atoms with Gasteiger partial charge in [-0.15, -0.1) is 0 Å². The van der Waals surface area contributed by atoms with Crippen LogP contribution in [0, 0.1) is 6.92 Å². The Morgan fingerprint density at radius 1 is 1.21 bits per heavy atom. The predicted molar refractivity (Wildman–Crippen MR) is 80.3 cm³/mol. The van der Waals surface area contributed by atoms with Crippen LogP contribution in [0.1, 0.15) is 5.56 Å². The summed E-state index contributed by atoms with van der Waals surface area (Å²) in [6.07, 6.45) is 0. The average molecular weight is 317 g/mol. The topological polar surface area (TPSA) is 38.1 Å². The van der Waals surface area contributed by atoms with Crippen molar-refractivity contribution in [1.82, 2.24) is 9.55 Å². The van der Waals surface area contributed by atoms with Crippen molar-refractivity contribution in [3.05, 3.63) is 46.4 Å². The van der Waals surface area contributed by atoms with Gasteiger partial charge in [0.15, 0.2) is 0 Å². The van der Waals surface area contributed by atoms with Crippen molar-refractivity contribution >= 4 is 27.0 Å². The van der Waals surface area contributed by atoms with Gasteiger partial charge in [0.05, 0.1) is 11.0 Å². The summed E-state index contributed by atoms with van der Waals surface area (Å²) in [5.41, 5.74) is 3.81. The van der Waals surface area contributed by atoms with Crippen LogP contribution in [0.2, 0.25) is 0 Å². The molecule has 0 atom stereocenters. The van der Waals surface area contributed by atoms with Crippen LogP contribution < -0.4 is 0 Å². The Kier molecular flexibility index (Phi) is 2.82. The van der Waals surface area contributed by atoms with E-state index in [2.05, 4.69) is 20.9 Å². The zero-order chi connectivity index (χ0) is 13.6. The molecule has 0 saturated carbocycles. The molecule has 0 aliphatic rings. The second kappa shape index (κ2) is 4.38. The number of fused-ring (bicyclic) bond motifs is 1. The molecule has 0 aliphatic carbocycles. The maximum atomic E-state index is 9.83. The zero-order valence-electron chi connectivity index (χ0n) is 10.7. The van der Waals surface area contributed by atoms with Gasteiger partial charge in [0, 0.05) is 22.6 Å². The van der Waals surface area contributed by atoms with E-state index in [0.29, 0.717) is 5.75 Å². The van der Waals surface area contributed by atoms with Gasteiger partial charge in [-0.2, -0.15) is 0 Å². The number of benzene rings is 2. The maximum Gasteiger partial charge on any atom is 0.141 e. The number of aryl methyl sites for hydroxylation is 1. The molecule has 19 heavy (non-hydrogen) atoms. The molecule has 0 spiro atoms. The molecule has 1 heterocycles. The fourth-order valence-electron chi connectivity index (χ4n) is 2.28. The fraction of sp³-hybridized carbons (Fsp3) is 0.133. The molecule has 0 aliphatic heterocycles. The number of aromatic hydroxyl groups is 1. The van der Waals surface area contributed by atoms with Crippen LogP contribution in [0.25, 0.3) is 22.4 Å². The average Bonchev–Trinajstić information content (AvgIpc) is 2.69. The van der Waals surface area contributed by atoms with Gasteiger partial charge in [0.1, 0.15) is 11.6 Å². The summed E-state index contributed by atoms with van der Waals surface area (Å²) in [5, 5.41) is 9.83. The largest absolute Gasteiger partial charge is 0.508 e. The molecule has 4 heteroatoms. The van der Waals surface area contributed by atoms with Crippen molar-refractivity contribution in [3.8, 4) is 17.1 Å². The van der Waals surface area contributed by atoms with Gasteiger partial charge < -0.3 is 9.67 Å². The summed E-state index contributed by atoms with van der Waals surface area (Å²) in [5.74, 6) is 1.16. The monoisotopic (exact) mass is 316 g/mol. The van der Waals surface area contributed by atoms with Crippen molar-refractivity contribution in [3.63, 3.8) is 0 Å². The molecule has 1 N–H and O–H groups in total. The number of nitrogens with zero attached hydrogens (tertiary/aromatic N) is 2. The Balaban J connectivity index is 2.31. The molecule has 0 saturated heterocycles. The SMILES string of the molecule is Cc1c(O)cccc1-c1nc2cc(Br)ccc2n1C. The zero-order valence-corrected chi connectivity index (χ0v) is 12.3. The lowest BCUT2D eigenvalue weighted by molar-refractivity contribution is 0.471. The van der Waals surface area contributed by atoms with Crippen molar-refractivity contribution < 1.29 is 5.11 Å². The van der Waals surface area contributed by atoms with Crippen molar-refractivity contribution in [2.75, 3.05) is 0 Å². The number of aromatic nitrogens is 2. The molecular formula is C15H13BrN2O. The maximum absolute atomic E-state index is 9.83. The van der Waals surface area contributed by atoms with E-state index < -0.39 is 0 Å². The predicted octanol–water partition coefficient (Wildman–Crippen LogP) is 4.02. The highest BCUT2D eigenvalue weighted by atomic mass is 79.9. The first-order valence-corrected chi connectivity index (χ1v) is 6.78. The molecule has 0 radical (unpaired) electrons. The Morgan fingerprint density at radius 3 is 2.79 bits per heavy atom. The Bertz CT molecular complexity index is 777. The van der Waals surface area contributed by atoms with E-state index in [9.17, 15) is 5.11 Å². The van der Waals surface area contributed by atoms with E-state index in [1.807, 2.05) is 48.9 Å². The molecule has 0 amide bonds. The van der Waals surface area contributed by atoms with E-state index in [1.54, 1.807) is 6.07 Å². The summed E-state index contributed by atoms with van der Waals surface area (Å²) in [7, 11) is 1.99. The number of imidazole rings is 1. The third-order valence-corrected chi connectivity index (χ3v) is 3.88. The normalized spacial score (nSPS) is 11.1. The Hall–Kier alpha value is -1.81. The van der Waals surface area contributed by atoms with Gasteiger partial charge in [-0.1, -0.05) is 28.1 Å². The molecule has 96 valence electrons. The van der Waals surface area contributed by atoms with E-state index in [1.165, 1.54) is 0 Å². The molecular weight excluding hydrogens is 304 g/mol. The number of rotatable bonds is 1. The molecule has 0 bridgehead atoms. The highest BCUT2D eigenvalue weighted by molar-refractivity contribution is 9.10. The minimum absolute atomic E-state index is 0.297. The minimum atomic E-state index is 0.297. The molecule has 3 rings (SSSR count). The molecule has 2 aromatic carbocycles. The van der Waals surface area contributed by atoms with Crippen LogP contribution >= 0.6 is 15.9 Å². The van der Waals surface area contributed by atoms with Gasteiger partial charge >= 0.3 is 0 Å². The summed E-state index contributed by atoms with van der Waals surface area (Å²) < 4.78 is 3.06. The highest BCUT2D eigenvalue weighted by Crippen LogP contribution is 2.31. The first-order valence-electron chi connectivity index (χ1n) is 5.99. The van der Waals surface area contributed by atoms with Crippen LogP contribution in [-0.2, 0) is 7.05 Å². The van der Waals surface area contributed by atoms with Crippen molar-refractivity contribution in [1.29, 1.82) is 0 Å². The quantitative estimate of drug-likeness (QED) is 0.736. The number of phenols is 1. The van der Waals surface area contributed by atoms with Crippen LogP contribution in [-0.4, -0.2) is 14.7 Å². The molecule has 0 unspecified atom stereocenters. The third-order valence-electron chi connectivity index (χ3n) is 3.39. The van der Waals surface area contributed by atoms with Crippen molar-refractivity contribution in [2.45, 2.75) is 6.92 Å².